The van der Waals surface area contributed by atoms with Crippen molar-refractivity contribution < 1.29 is 14.0 Å². The highest BCUT2D eigenvalue weighted by Gasteiger charge is 2.60. The van der Waals surface area contributed by atoms with E-state index in [4.69, 9.17) is 0 Å². The summed E-state index contributed by atoms with van der Waals surface area (Å²) in [6, 6.07) is 12.2. The van der Waals surface area contributed by atoms with Crippen LogP contribution in [0.3, 0.4) is 0 Å². The zero-order chi connectivity index (χ0) is 19.5. The van der Waals surface area contributed by atoms with Crippen LogP contribution in [0.2, 0.25) is 0 Å². The molecular weight excluding hydrogens is 375 g/mol. The van der Waals surface area contributed by atoms with Crippen LogP contribution in [0.5, 0.6) is 0 Å². The van der Waals surface area contributed by atoms with Gasteiger partial charge in [-0.05, 0) is 43.5 Å². The van der Waals surface area contributed by atoms with Gasteiger partial charge >= 0.3 is 0 Å². The molecule has 2 fully saturated rings. The minimum Gasteiger partial charge on any atom is -0.315 e. The number of nitrogens with zero attached hydrogens (tertiary/aromatic N) is 2. The monoisotopic (exact) mass is 396 g/mol. The summed E-state index contributed by atoms with van der Waals surface area (Å²) in [6.45, 7) is 2.97. The zero-order valence-electron chi connectivity index (χ0n) is 15.7. The summed E-state index contributed by atoms with van der Waals surface area (Å²) >= 11 is 1.56. The van der Waals surface area contributed by atoms with Crippen LogP contribution < -0.4 is 4.90 Å². The van der Waals surface area contributed by atoms with E-state index in [0.29, 0.717) is 13.1 Å². The SMILES string of the molecule is Cc1ccc2c(c1)[C@@]1(SCCN1C(=O)C1CC1)C(=O)N2Cc1ccc(F)cc1. The average molecular weight is 396 g/mol. The summed E-state index contributed by atoms with van der Waals surface area (Å²) < 4.78 is 13.3. The molecule has 5 rings (SSSR count). The number of carbonyl (C=O) groups is 2. The van der Waals surface area contributed by atoms with Gasteiger partial charge in [-0.25, -0.2) is 4.39 Å². The molecule has 144 valence electrons. The van der Waals surface area contributed by atoms with Crippen molar-refractivity contribution in [2.45, 2.75) is 31.2 Å². The lowest BCUT2D eigenvalue weighted by Gasteiger charge is -2.33. The molecule has 1 spiro atoms. The molecule has 0 bridgehead atoms. The van der Waals surface area contributed by atoms with Crippen LogP contribution in [0.15, 0.2) is 42.5 Å². The van der Waals surface area contributed by atoms with Crippen molar-refractivity contribution in [3.8, 4) is 0 Å². The Labute approximate surface area is 167 Å². The second kappa shape index (κ2) is 6.34. The van der Waals surface area contributed by atoms with E-state index in [1.54, 1.807) is 28.8 Å². The maximum Gasteiger partial charge on any atom is 0.268 e. The standard InChI is InChI=1S/C22H21FN2O2S/c1-14-2-9-19-18(12-14)22(25(10-11-28-22)20(26)16-5-6-16)21(27)24(19)13-15-3-7-17(23)8-4-15/h2-4,7-9,12,16H,5-6,10-11,13H2,1H3/t22-/m1/s1. The molecule has 4 nitrogen and oxygen atoms in total. The Morgan fingerprint density at radius 2 is 1.96 bits per heavy atom. The van der Waals surface area contributed by atoms with E-state index in [-0.39, 0.29) is 23.5 Å². The molecule has 3 aliphatic rings. The molecule has 0 aromatic heterocycles. The molecule has 1 saturated carbocycles. The van der Waals surface area contributed by atoms with E-state index in [0.717, 1.165) is 41.0 Å². The molecule has 2 heterocycles. The van der Waals surface area contributed by atoms with Crippen molar-refractivity contribution in [3.05, 3.63) is 65.0 Å². The highest BCUT2D eigenvalue weighted by molar-refractivity contribution is 8.01. The first-order valence-electron chi connectivity index (χ1n) is 9.64. The molecule has 0 N–H and O–H groups in total. The first-order chi connectivity index (χ1) is 13.5. The van der Waals surface area contributed by atoms with Crippen LogP contribution in [0.25, 0.3) is 0 Å². The fraction of sp³-hybridized carbons (Fsp3) is 0.364. The summed E-state index contributed by atoms with van der Waals surface area (Å²) in [5, 5.41) is 0. The molecule has 2 aliphatic heterocycles. The third-order valence-electron chi connectivity index (χ3n) is 5.80. The van der Waals surface area contributed by atoms with Gasteiger partial charge in [0.2, 0.25) is 5.91 Å². The second-order valence-corrected chi connectivity index (χ2v) is 9.08. The predicted octanol–water partition coefficient (Wildman–Crippen LogP) is 3.82. The van der Waals surface area contributed by atoms with Crippen LogP contribution in [-0.2, 0) is 21.0 Å². The fourth-order valence-corrected chi connectivity index (χ4v) is 5.69. The van der Waals surface area contributed by atoms with Gasteiger partial charge in [-0.15, -0.1) is 11.8 Å². The maximum absolute atomic E-state index is 13.8. The van der Waals surface area contributed by atoms with Gasteiger partial charge in [-0.2, -0.15) is 0 Å². The molecule has 1 saturated heterocycles. The molecule has 2 aromatic carbocycles. The van der Waals surface area contributed by atoms with E-state index in [1.807, 2.05) is 30.0 Å². The molecule has 1 atom stereocenters. The van der Waals surface area contributed by atoms with Crippen molar-refractivity contribution in [1.29, 1.82) is 0 Å². The van der Waals surface area contributed by atoms with Crippen molar-refractivity contribution in [2.24, 2.45) is 5.92 Å². The average Bonchev–Trinajstić information content (AvgIpc) is 3.41. The van der Waals surface area contributed by atoms with E-state index >= 15 is 0 Å². The highest BCUT2D eigenvalue weighted by Crippen LogP contribution is 2.55. The van der Waals surface area contributed by atoms with Crippen LogP contribution in [0, 0.1) is 18.7 Å². The number of halogens is 1. The van der Waals surface area contributed by atoms with Gasteiger partial charge in [0.1, 0.15) is 5.82 Å². The summed E-state index contributed by atoms with van der Waals surface area (Å²) in [6.07, 6.45) is 1.84. The highest BCUT2D eigenvalue weighted by atomic mass is 32.2. The Morgan fingerprint density at radius 1 is 1.21 bits per heavy atom. The summed E-state index contributed by atoms with van der Waals surface area (Å²) in [7, 11) is 0. The van der Waals surface area contributed by atoms with Crippen LogP contribution in [-0.4, -0.2) is 29.0 Å². The summed E-state index contributed by atoms with van der Waals surface area (Å²) in [4.78, 5) is 29.4. The number of thioether (sulfide) groups is 1. The molecule has 0 radical (unpaired) electrons. The molecule has 6 heteroatoms. The Morgan fingerprint density at radius 3 is 2.68 bits per heavy atom. The zero-order valence-corrected chi connectivity index (χ0v) is 16.5. The number of hydrogen-bond donors (Lipinski definition) is 0. The first-order valence-corrected chi connectivity index (χ1v) is 10.6. The van der Waals surface area contributed by atoms with Gasteiger partial charge in [0.15, 0.2) is 4.87 Å². The number of hydrogen-bond acceptors (Lipinski definition) is 3. The number of fused-ring (bicyclic) bond motifs is 2. The summed E-state index contributed by atoms with van der Waals surface area (Å²) in [5.41, 5.74) is 3.70. The minimum absolute atomic E-state index is 0.0612. The number of rotatable bonds is 3. The minimum atomic E-state index is -0.957. The molecular formula is C22H21FN2O2S. The summed E-state index contributed by atoms with van der Waals surface area (Å²) in [5.74, 6) is 0.574. The van der Waals surface area contributed by atoms with Crippen molar-refractivity contribution in [3.63, 3.8) is 0 Å². The number of amides is 2. The van der Waals surface area contributed by atoms with Gasteiger partial charge in [0.05, 0.1) is 12.2 Å². The molecule has 2 amide bonds. The number of anilines is 1. The fourth-order valence-electron chi connectivity index (χ4n) is 4.23. The Kier molecular flexibility index (Phi) is 4.02. The second-order valence-electron chi connectivity index (χ2n) is 7.79. The van der Waals surface area contributed by atoms with E-state index in [2.05, 4.69) is 0 Å². The number of benzene rings is 2. The normalized spacial score (nSPS) is 23.6. The quantitative estimate of drug-likeness (QED) is 0.792. The number of carbonyl (C=O) groups excluding carboxylic acids is 2. The van der Waals surface area contributed by atoms with Gasteiger partial charge in [-0.3, -0.25) is 9.59 Å². The third kappa shape index (κ3) is 2.58. The Bertz CT molecular complexity index is 973. The lowest BCUT2D eigenvalue weighted by molar-refractivity contribution is -0.141. The van der Waals surface area contributed by atoms with E-state index in [9.17, 15) is 14.0 Å². The first kappa shape index (κ1) is 17.7. The van der Waals surface area contributed by atoms with Gasteiger partial charge in [0.25, 0.3) is 5.91 Å². The van der Waals surface area contributed by atoms with Crippen molar-refractivity contribution >= 4 is 29.3 Å². The molecule has 0 unspecified atom stereocenters. The van der Waals surface area contributed by atoms with Crippen LogP contribution in [0.1, 0.15) is 29.5 Å². The Balaban J connectivity index is 1.59. The maximum atomic E-state index is 13.8. The van der Waals surface area contributed by atoms with Crippen molar-refractivity contribution in [1.82, 2.24) is 4.90 Å². The van der Waals surface area contributed by atoms with Gasteiger partial charge in [-0.1, -0.05) is 29.8 Å². The Hall–Kier alpha value is -2.34. The van der Waals surface area contributed by atoms with Crippen LogP contribution >= 0.6 is 11.8 Å². The van der Waals surface area contributed by atoms with Gasteiger partial charge in [0, 0.05) is 23.8 Å². The van der Waals surface area contributed by atoms with Gasteiger partial charge < -0.3 is 9.80 Å². The van der Waals surface area contributed by atoms with Crippen molar-refractivity contribution in [2.75, 3.05) is 17.2 Å². The molecule has 28 heavy (non-hydrogen) atoms. The lowest BCUT2D eigenvalue weighted by atomic mass is 10.0. The van der Waals surface area contributed by atoms with E-state index < -0.39 is 4.87 Å². The predicted molar refractivity (Wildman–Crippen MR) is 107 cm³/mol. The largest absolute Gasteiger partial charge is 0.315 e. The topological polar surface area (TPSA) is 40.6 Å². The van der Waals surface area contributed by atoms with E-state index in [1.165, 1.54) is 12.1 Å². The van der Waals surface area contributed by atoms with Crippen LogP contribution in [0.4, 0.5) is 10.1 Å². The lowest BCUT2D eigenvalue weighted by Crippen LogP contribution is -2.50. The number of aryl methyl sites for hydroxylation is 1. The molecule has 2 aromatic rings. The smallest absolute Gasteiger partial charge is 0.268 e. The molecule has 1 aliphatic carbocycles. The third-order valence-corrected chi connectivity index (χ3v) is 7.21.